The number of rotatable bonds is 2. The molecule has 0 bridgehead atoms. The molecule has 18 heavy (non-hydrogen) atoms. The monoisotopic (exact) mass is 248 g/mol. The summed E-state index contributed by atoms with van der Waals surface area (Å²) in [7, 11) is 6.97. The standard InChI is InChI=1S/C16H26N2/c1-13-12-18(5)14(2)11-16(13,17(3)4)15-9-7-6-8-10-15/h6-10,13-14H,11-12H2,1-5H3/p+2/t13-,14+,16+/m1/s1. The Balaban J connectivity index is 2.44. The summed E-state index contributed by atoms with van der Waals surface area (Å²) in [6.45, 7) is 6.08. The smallest absolute Gasteiger partial charge is 0.136 e. The lowest BCUT2D eigenvalue weighted by Crippen LogP contribution is -3.22. The van der Waals surface area contributed by atoms with Crippen LogP contribution >= 0.6 is 0 Å². The van der Waals surface area contributed by atoms with Gasteiger partial charge in [-0.25, -0.2) is 0 Å². The van der Waals surface area contributed by atoms with E-state index in [-0.39, 0.29) is 5.54 Å². The number of quaternary nitrogens is 2. The zero-order chi connectivity index (χ0) is 13.3. The number of nitrogens with one attached hydrogen (secondary N) is 2. The number of hydrogen-bond donors (Lipinski definition) is 2. The van der Waals surface area contributed by atoms with Crippen molar-refractivity contribution in [2.24, 2.45) is 5.92 Å². The van der Waals surface area contributed by atoms with Crippen LogP contribution in [0.4, 0.5) is 0 Å². The normalized spacial score (nSPS) is 36.9. The largest absolute Gasteiger partial charge is 0.335 e. The highest BCUT2D eigenvalue weighted by atomic mass is 15.2. The second-order valence-electron chi connectivity index (χ2n) is 6.39. The third-order valence-corrected chi connectivity index (χ3v) is 5.12. The molecule has 1 fully saturated rings. The van der Waals surface area contributed by atoms with E-state index in [1.165, 1.54) is 18.5 Å². The molecule has 2 rings (SSSR count). The topological polar surface area (TPSA) is 8.88 Å². The Morgan fingerprint density at radius 2 is 1.78 bits per heavy atom. The predicted octanol–water partition coefficient (Wildman–Crippen LogP) is -0.0306. The maximum Gasteiger partial charge on any atom is 0.136 e. The van der Waals surface area contributed by atoms with Gasteiger partial charge in [0.1, 0.15) is 5.54 Å². The highest BCUT2D eigenvalue weighted by Gasteiger charge is 2.51. The van der Waals surface area contributed by atoms with Crippen LogP contribution in [-0.2, 0) is 5.54 Å². The summed E-state index contributed by atoms with van der Waals surface area (Å²) in [5.41, 5.74) is 1.79. The van der Waals surface area contributed by atoms with Crippen molar-refractivity contribution in [3.63, 3.8) is 0 Å². The van der Waals surface area contributed by atoms with E-state index in [1.807, 2.05) is 0 Å². The van der Waals surface area contributed by atoms with E-state index >= 15 is 0 Å². The second-order valence-corrected chi connectivity index (χ2v) is 6.39. The number of hydrogen-bond acceptors (Lipinski definition) is 0. The van der Waals surface area contributed by atoms with Gasteiger partial charge >= 0.3 is 0 Å². The summed E-state index contributed by atoms with van der Waals surface area (Å²) in [5.74, 6) is 0.709. The summed E-state index contributed by atoms with van der Waals surface area (Å²) in [6.07, 6.45) is 1.27. The van der Waals surface area contributed by atoms with Crippen LogP contribution in [0.2, 0.25) is 0 Å². The Bertz CT molecular complexity index is 387. The Morgan fingerprint density at radius 3 is 2.33 bits per heavy atom. The minimum Gasteiger partial charge on any atom is -0.335 e. The first kappa shape index (κ1) is 13.6. The van der Waals surface area contributed by atoms with Crippen LogP contribution < -0.4 is 9.80 Å². The van der Waals surface area contributed by atoms with Crippen molar-refractivity contribution >= 4 is 0 Å². The molecule has 0 spiro atoms. The number of benzene rings is 1. The van der Waals surface area contributed by atoms with Crippen molar-refractivity contribution in [1.82, 2.24) is 0 Å². The summed E-state index contributed by atoms with van der Waals surface area (Å²) in [5, 5.41) is 0. The van der Waals surface area contributed by atoms with Crippen molar-refractivity contribution in [2.45, 2.75) is 31.8 Å². The van der Waals surface area contributed by atoms with E-state index in [9.17, 15) is 0 Å². The van der Waals surface area contributed by atoms with Gasteiger partial charge in [0.15, 0.2) is 0 Å². The minimum atomic E-state index is 0.278. The lowest BCUT2D eigenvalue weighted by molar-refractivity contribution is -0.974. The molecule has 0 aromatic heterocycles. The molecule has 1 saturated heterocycles. The van der Waals surface area contributed by atoms with E-state index in [4.69, 9.17) is 0 Å². The van der Waals surface area contributed by atoms with Crippen LogP contribution in [0.1, 0.15) is 25.8 Å². The zero-order valence-corrected chi connectivity index (χ0v) is 12.5. The molecule has 4 atom stereocenters. The van der Waals surface area contributed by atoms with Gasteiger partial charge in [0.2, 0.25) is 0 Å². The SMILES string of the molecule is C[C@@H]1C[NH+](C)[C@@H](C)C[C@]1(c1ccccc1)[NH+](C)C. The fourth-order valence-electron chi connectivity index (χ4n) is 3.84. The van der Waals surface area contributed by atoms with Crippen molar-refractivity contribution in [2.75, 3.05) is 27.7 Å². The first-order valence-electron chi connectivity index (χ1n) is 7.17. The molecule has 1 aliphatic heterocycles. The van der Waals surface area contributed by atoms with Gasteiger partial charge in [-0.2, -0.15) is 0 Å². The van der Waals surface area contributed by atoms with Crippen LogP contribution in [0.25, 0.3) is 0 Å². The third-order valence-electron chi connectivity index (χ3n) is 5.12. The molecule has 0 amide bonds. The van der Waals surface area contributed by atoms with E-state index < -0.39 is 0 Å². The average molecular weight is 248 g/mol. The molecule has 0 aliphatic carbocycles. The van der Waals surface area contributed by atoms with Crippen LogP contribution in [0.5, 0.6) is 0 Å². The minimum absolute atomic E-state index is 0.278. The molecule has 0 saturated carbocycles. The molecule has 1 unspecified atom stereocenters. The molecule has 1 aliphatic rings. The molecule has 2 nitrogen and oxygen atoms in total. The Morgan fingerprint density at radius 1 is 1.17 bits per heavy atom. The van der Waals surface area contributed by atoms with Gasteiger partial charge in [-0.15, -0.1) is 0 Å². The third kappa shape index (κ3) is 2.08. The molecule has 100 valence electrons. The molecule has 1 heterocycles. The van der Waals surface area contributed by atoms with Gasteiger partial charge in [-0.05, 0) is 6.92 Å². The molecule has 1 aromatic rings. The van der Waals surface area contributed by atoms with Gasteiger partial charge in [-0.1, -0.05) is 37.3 Å². The number of piperidine rings is 1. The quantitative estimate of drug-likeness (QED) is 0.727. The van der Waals surface area contributed by atoms with Crippen molar-refractivity contribution in [3.05, 3.63) is 35.9 Å². The maximum atomic E-state index is 2.43. The average Bonchev–Trinajstić information content (AvgIpc) is 2.34. The summed E-state index contributed by atoms with van der Waals surface area (Å²) >= 11 is 0. The molecule has 2 N–H and O–H groups in total. The highest BCUT2D eigenvalue weighted by molar-refractivity contribution is 5.23. The van der Waals surface area contributed by atoms with Crippen LogP contribution in [0.3, 0.4) is 0 Å². The van der Waals surface area contributed by atoms with Crippen LogP contribution in [0, 0.1) is 5.92 Å². The van der Waals surface area contributed by atoms with E-state index in [2.05, 4.69) is 65.3 Å². The van der Waals surface area contributed by atoms with Gasteiger partial charge in [0, 0.05) is 5.56 Å². The van der Waals surface area contributed by atoms with E-state index in [0.717, 1.165) is 6.04 Å². The second kappa shape index (κ2) is 5.02. The highest BCUT2D eigenvalue weighted by Crippen LogP contribution is 2.32. The van der Waals surface area contributed by atoms with Gasteiger partial charge in [0.05, 0.1) is 46.1 Å². The van der Waals surface area contributed by atoms with Crippen molar-refractivity contribution < 1.29 is 9.80 Å². The molecule has 0 radical (unpaired) electrons. The van der Waals surface area contributed by atoms with Gasteiger partial charge in [0.25, 0.3) is 0 Å². The maximum absolute atomic E-state index is 2.43. The molecule has 2 heteroatoms. The lowest BCUT2D eigenvalue weighted by Gasteiger charge is -2.48. The van der Waals surface area contributed by atoms with Crippen LogP contribution in [0.15, 0.2) is 30.3 Å². The number of likely N-dealkylation sites (tertiary alicyclic amines) is 1. The molecular weight excluding hydrogens is 220 g/mol. The van der Waals surface area contributed by atoms with Gasteiger partial charge < -0.3 is 9.80 Å². The lowest BCUT2D eigenvalue weighted by atomic mass is 9.71. The first-order chi connectivity index (χ1) is 8.48. The molecule has 1 aromatic carbocycles. The first-order valence-corrected chi connectivity index (χ1v) is 7.17. The van der Waals surface area contributed by atoms with Crippen molar-refractivity contribution in [3.8, 4) is 0 Å². The predicted molar refractivity (Wildman–Crippen MR) is 75.9 cm³/mol. The summed E-state index contributed by atoms with van der Waals surface area (Å²) in [6, 6.07) is 11.9. The van der Waals surface area contributed by atoms with E-state index in [1.54, 1.807) is 9.80 Å². The van der Waals surface area contributed by atoms with Crippen molar-refractivity contribution in [1.29, 1.82) is 0 Å². The Labute approximate surface area is 112 Å². The summed E-state index contributed by atoms with van der Waals surface area (Å²) < 4.78 is 0. The fraction of sp³-hybridized carbons (Fsp3) is 0.625. The Kier molecular flexibility index (Phi) is 3.79. The molecular formula is C16H28N2+2. The van der Waals surface area contributed by atoms with E-state index in [0.29, 0.717) is 5.92 Å². The van der Waals surface area contributed by atoms with Gasteiger partial charge in [-0.3, -0.25) is 0 Å². The summed E-state index contributed by atoms with van der Waals surface area (Å²) in [4.78, 5) is 3.25. The van der Waals surface area contributed by atoms with Crippen LogP contribution in [-0.4, -0.2) is 33.7 Å². The Hall–Kier alpha value is -0.860. The zero-order valence-electron chi connectivity index (χ0n) is 12.5. The fourth-order valence-corrected chi connectivity index (χ4v) is 3.84.